The van der Waals surface area contributed by atoms with Gasteiger partial charge in [-0.1, -0.05) is 17.7 Å². The van der Waals surface area contributed by atoms with Gasteiger partial charge in [-0.3, -0.25) is 10.2 Å². The van der Waals surface area contributed by atoms with Crippen molar-refractivity contribution in [1.29, 1.82) is 0 Å². The van der Waals surface area contributed by atoms with E-state index in [9.17, 15) is 13.2 Å². The molecule has 0 spiro atoms. The molecule has 0 saturated heterocycles. The molecule has 0 fully saturated rings. The van der Waals surface area contributed by atoms with Crippen LogP contribution in [0.2, 0.25) is 0 Å². The van der Waals surface area contributed by atoms with Crippen molar-refractivity contribution < 1.29 is 64.6 Å². The maximum atomic E-state index is 11.9. The van der Waals surface area contributed by atoms with Gasteiger partial charge in [0.25, 0.3) is 5.91 Å². The van der Waals surface area contributed by atoms with Crippen LogP contribution in [0.15, 0.2) is 29.2 Å². The Morgan fingerprint density at radius 2 is 1.79 bits per heavy atom. The number of hydrazine groups is 1. The van der Waals surface area contributed by atoms with Crippen LogP contribution >= 0.6 is 12.2 Å². The van der Waals surface area contributed by atoms with Crippen LogP contribution in [0, 0.1) is 6.92 Å². The Hall–Kier alpha value is 0.386. The number of hydrogen-bond acceptors (Lipinski definition) is 5. The van der Waals surface area contributed by atoms with Gasteiger partial charge < -0.3 is 30.3 Å². The summed E-state index contributed by atoms with van der Waals surface area (Å²) in [5, 5.41) is 0. The molecule has 0 aromatic heterocycles. The Morgan fingerprint density at radius 3 is 2.26 bits per heavy atom. The van der Waals surface area contributed by atoms with E-state index in [4.69, 9.17) is 0 Å². The molecule has 5 nitrogen and oxygen atoms in total. The van der Waals surface area contributed by atoms with Crippen LogP contribution in [0.1, 0.15) is 5.56 Å². The monoisotopic (exact) mass is 342 g/mol. The van der Waals surface area contributed by atoms with Crippen LogP contribution in [0.4, 0.5) is 0 Å². The predicted molar refractivity (Wildman–Crippen MR) is 74.5 cm³/mol. The van der Waals surface area contributed by atoms with E-state index in [0.29, 0.717) is 0 Å². The number of benzene rings is 1. The number of carbonyl (C=O) groups is 1. The first kappa shape index (κ1) is 19.4. The van der Waals surface area contributed by atoms with Gasteiger partial charge >= 0.3 is 51.4 Å². The van der Waals surface area contributed by atoms with Crippen LogP contribution in [0.25, 0.3) is 0 Å². The largest absolute Gasteiger partial charge is 1.00 e. The number of rotatable bonds is 3. The van der Waals surface area contributed by atoms with Crippen molar-refractivity contribution in [3.8, 4) is 0 Å². The summed E-state index contributed by atoms with van der Waals surface area (Å²) in [6.45, 7) is 1.84. The van der Waals surface area contributed by atoms with Crippen molar-refractivity contribution >= 4 is 44.9 Å². The van der Waals surface area contributed by atoms with E-state index in [-0.39, 0.29) is 60.6 Å². The van der Waals surface area contributed by atoms with Crippen molar-refractivity contribution in [3.63, 3.8) is 0 Å². The molecule has 1 aromatic carbocycles. The fraction of sp³-hybridized carbons (Fsp3) is 0.200. The topological polar surface area (TPSA) is 75.3 Å². The molecule has 0 bridgehead atoms. The Balaban J connectivity index is 0.00000324. The number of aryl methyl sites for hydroxylation is 1. The first-order chi connectivity index (χ1) is 8.31. The average Bonchev–Trinajstić information content (AvgIpc) is 2.26. The molecule has 0 heterocycles. The van der Waals surface area contributed by atoms with E-state index < -0.39 is 21.5 Å². The summed E-state index contributed by atoms with van der Waals surface area (Å²) >= 11 is 9.01. The fourth-order valence-corrected chi connectivity index (χ4v) is 2.40. The standard InChI is InChI=1S/C10H12N2O3S3.K/c1-7-2-4-8(5-3-7)18(14,15)6-9(13)11-12-10(16)17;/h2-5H,6H2,1H3,(H,11,13)(H2,12,16,17);/q;+1/p-1. The van der Waals surface area contributed by atoms with Crippen molar-refractivity contribution in [2.24, 2.45) is 0 Å². The van der Waals surface area contributed by atoms with Gasteiger partial charge in [0.15, 0.2) is 9.84 Å². The number of amides is 1. The maximum Gasteiger partial charge on any atom is 1.00 e. The molecule has 0 unspecified atom stereocenters. The first-order valence-corrected chi connectivity index (χ1v) is 7.33. The molecule has 0 aliphatic heterocycles. The SMILES string of the molecule is Cc1ccc(S(=O)(=O)CC(=O)NNC(=S)[S-])cc1.[K+]. The fourth-order valence-electron chi connectivity index (χ4n) is 1.16. The second-order valence-corrected chi connectivity index (χ2v) is 6.60. The maximum absolute atomic E-state index is 11.9. The Bertz CT molecular complexity index is 558. The molecule has 2 N–H and O–H groups in total. The minimum Gasteiger partial charge on any atom is -0.410 e. The average molecular weight is 343 g/mol. The minimum absolute atomic E-state index is 0. The van der Waals surface area contributed by atoms with E-state index in [1.54, 1.807) is 12.1 Å². The van der Waals surface area contributed by atoms with Gasteiger partial charge in [-0.15, -0.1) is 0 Å². The molecule has 0 aliphatic carbocycles. The van der Waals surface area contributed by atoms with Gasteiger partial charge in [-0.2, -0.15) is 0 Å². The van der Waals surface area contributed by atoms with E-state index in [2.05, 4.69) is 35.7 Å². The van der Waals surface area contributed by atoms with Crippen molar-refractivity contribution in [3.05, 3.63) is 29.8 Å². The minimum atomic E-state index is -3.65. The molecule has 0 aliphatic rings. The summed E-state index contributed by atoms with van der Waals surface area (Å²) in [7, 11) is -3.65. The molecule has 1 rings (SSSR count). The smallest absolute Gasteiger partial charge is 0.410 e. The van der Waals surface area contributed by atoms with Crippen LogP contribution in [0.3, 0.4) is 0 Å². The third-order valence-electron chi connectivity index (χ3n) is 2.01. The number of thiocarbonyl (C=S) groups is 1. The molecule has 1 aromatic rings. The van der Waals surface area contributed by atoms with E-state index >= 15 is 0 Å². The predicted octanol–water partition coefficient (Wildman–Crippen LogP) is -2.77. The molecule has 0 radical (unpaired) electrons. The Kier molecular flexibility index (Phi) is 8.80. The normalized spacial score (nSPS) is 10.2. The molecule has 9 heteroatoms. The Labute approximate surface area is 165 Å². The van der Waals surface area contributed by atoms with Gasteiger partial charge in [0.1, 0.15) is 5.75 Å². The van der Waals surface area contributed by atoms with Crippen LogP contribution in [-0.4, -0.2) is 24.4 Å². The van der Waals surface area contributed by atoms with Gasteiger partial charge in [0.2, 0.25) is 0 Å². The summed E-state index contributed by atoms with van der Waals surface area (Å²) in [5.41, 5.74) is 5.26. The number of carbonyl (C=O) groups excluding carboxylic acids is 1. The van der Waals surface area contributed by atoms with Crippen molar-refractivity contribution in [2.75, 3.05) is 5.75 Å². The third-order valence-corrected chi connectivity index (χ3v) is 3.84. The van der Waals surface area contributed by atoms with Gasteiger partial charge in [-0.25, -0.2) is 8.42 Å². The number of sulfone groups is 1. The van der Waals surface area contributed by atoms with Crippen LogP contribution < -0.4 is 62.2 Å². The van der Waals surface area contributed by atoms with Gasteiger partial charge in [0, 0.05) is 0 Å². The van der Waals surface area contributed by atoms with Crippen molar-refractivity contribution in [1.82, 2.24) is 10.9 Å². The molecular formula is C10H11KN2O3S3. The Morgan fingerprint density at radius 1 is 1.26 bits per heavy atom. The van der Waals surface area contributed by atoms with Crippen LogP contribution in [-0.2, 0) is 27.3 Å². The van der Waals surface area contributed by atoms with Crippen LogP contribution in [0.5, 0.6) is 0 Å². The molecule has 98 valence electrons. The van der Waals surface area contributed by atoms with E-state index in [1.807, 2.05) is 6.92 Å². The van der Waals surface area contributed by atoms with Gasteiger partial charge in [0.05, 0.1) is 4.90 Å². The third kappa shape index (κ3) is 7.09. The second-order valence-electron chi connectivity index (χ2n) is 3.53. The zero-order valence-corrected chi connectivity index (χ0v) is 16.0. The molecule has 19 heavy (non-hydrogen) atoms. The number of hydrogen-bond donors (Lipinski definition) is 2. The van der Waals surface area contributed by atoms with Crippen molar-refractivity contribution in [2.45, 2.75) is 11.8 Å². The number of nitrogens with one attached hydrogen (secondary N) is 2. The quantitative estimate of drug-likeness (QED) is 0.268. The summed E-state index contributed by atoms with van der Waals surface area (Å²) in [6, 6.07) is 6.26. The van der Waals surface area contributed by atoms with E-state index in [0.717, 1.165) is 5.56 Å². The second kappa shape index (κ2) is 8.62. The molecular weight excluding hydrogens is 331 g/mol. The molecule has 1 amide bonds. The van der Waals surface area contributed by atoms with Gasteiger partial charge in [-0.05, 0) is 23.4 Å². The summed E-state index contributed by atoms with van der Waals surface area (Å²) < 4.78 is 23.6. The zero-order valence-electron chi connectivity index (χ0n) is 10.5. The summed E-state index contributed by atoms with van der Waals surface area (Å²) in [4.78, 5) is 11.4. The molecule has 0 saturated carbocycles. The zero-order chi connectivity index (χ0) is 13.8. The van der Waals surface area contributed by atoms with E-state index in [1.165, 1.54) is 12.1 Å². The first-order valence-electron chi connectivity index (χ1n) is 4.86. The summed E-state index contributed by atoms with van der Waals surface area (Å²) in [6.07, 6.45) is 0. The summed E-state index contributed by atoms with van der Waals surface area (Å²) in [5.74, 6) is -1.39. The molecule has 0 atom stereocenters.